The average molecular weight is 441 g/mol. The highest BCUT2D eigenvalue weighted by atomic mass is 19.4. The Morgan fingerprint density at radius 1 is 0.938 bits per heavy atom. The first-order chi connectivity index (χ1) is 15.1. The minimum atomic E-state index is -4.70. The maximum Gasteiger partial charge on any atom is 0.418 e. The highest BCUT2D eigenvalue weighted by Crippen LogP contribution is 2.32. The van der Waals surface area contributed by atoms with Gasteiger partial charge in [0.05, 0.1) is 16.6 Å². The van der Waals surface area contributed by atoms with Crippen molar-refractivity contribution in [3.05, 3.63) is 105 Å². The van der Waals surface area contributed by atoms with Gasteiger partial charge in [0.1, 0.15) is 5.82 Å². The van der Waals surface area contributed by atoms with Gasteiger partial charge in [-0.3, -0.25) is 4.79 Å². The minimum absolute atomic E-state index is 0.0319. The molecular weight excluding hydrogens is 422 g/mol. The largest absolute Gasteiger partial charge is 0.418 e. The predicted octanol–water partition coefficient (Wildman–Crippen LogP) is 5.83. The summed E-state index contributed by atoms with van der Waals surface area (Å²) in [6, 6.07) is 17.5. The summed E-state index contributed by atoms with van der Waals surface area (Å²) in [5.41, 5.74) is 3.34. The van der Waals surface area contributed by atoms with Gasteiger partial charge in [0.15, 0.2) is 11.5 Å². The van der Waals surface area contributed by atoms with Gasteiger partial charge in [-0.15, -0.1) is 0 Å². The molecule has 1 aromatic heterocycles. The number of aromatic amines is 1. The molecule has 3 nitrogen and oxygen atoms in total. The van der Waals surface area contributed by atoms with Crippen LogP contribution in [0.2, 0.25) is 0 Å². The fraction of sp³-hybridized carbons (Fsp3) is 0.160. The number of rotatable bonds is 4. The van der Waals surface area contributed by atoms with E-state index >= 15 is 0 Å². The van der Waals surface area contributed by atoms with E-state index in [0.29, 0.717) is 23.2 Å². The third-order valence-electron chi connectivity index (χ3n) is 5.47. The van der Waals surface area contributed by atoms with E-state index in [-0.39, 0.29) is 16.4 Å². The molecule has 0 amide bonds. The number of halogens is 4. The number of hydrogen-bond donors (Lipinski definition) is 2. The number of H-pyrrole nitrogens is 1. The summed E-state index contributed by atoms with van der Waals surface area (Å²) < 4.78 is 51.9. The van der Waals surface area contributed by atoms with Crippen molar-refractivity contribution in [1.29, 1.82) is 0 Å². The number of aliphatic hydroxyl groups is 1. The lowest BCUT2D eigenvalue weighted by molar-refractivity contribution is -0.206. The van der Waals surface area contributed by atoms with E-state index in [0.717, 1.165) is 16.7 Å². The van der Waals surface area contributed by atoms with Gasteiger partial charge in [-0.05, 0) is 47.7 Å². The van der Waals surface area contributed by atoms with Crippen molar-refractivity contribution in [1.82, 2.24) is 4.98 Å². The maximum absolute atomic E-state index is 14.1. The second-order valence-corrected chi connectivity index (χ2v) is 7.68. The number of aliphatic hydroxyl groups excluding tert-OH is 1. The summed E-state index contributed by atoms with van der Waals surface area (Å²) in [6.45, 7) is 1.64. The SMILES string of the molecule is Cc1c(-c2ccc(Cc3ccc(C(O)C(F)(F)F)cc3)cc2)[nH]c2cccc(F)c2c1=O. The Kier molecular flexibility index (Phi) is 5.60. The molecule has 4 aromatic rings. The smallest absolute Gasteiger partial charge is 0.379 e. The van der Waals surface area contributed by atoms with Gasteiger partial charge in [0.2, 0.25) is 0 Å². The molecule has 0 spiro atoms. The molecular formula is C25H19F4NO2. The Morgan fingerprint density at radius 2 is 1.53 bits per heavy atom. The minimum Gasteiger partial charge on any atom is -0.379 e. The molecule has 2 N–H and O–H groups in total. The van der Waals surface area contributed by atoms with Gasteiger partial charge in [0, 0.05) is 5.56 Å². The lowest BCUT2D eigenvalue weighted by atomic mass is 9.98. The van der Waals surface area contributed by atoms with E-state index in [4.69, 9.17) is 0 Å². The lowest BCUT2D eigenvalue weighted by Gasteiger charge is -2.15. The number of fused-ring (bicyclic) bond motifs is 1. The van der Waals surface area contributed by atoms with Gasteiger partial charge < -0.3 is 10.1 Å². The lowest BCUT2D eigenvalue weighted by Crippen LogP contribution is -2.20. The van der Waals surface area contributed by atoms with Crippen LogP contribution in [0, 0.1) is 12.7 Å². The molecule has 0 aliphatic rings. The normalized spacial score (nSPS) is 12.8. The topological polar surface area (TPSA) is 53.1 Å². The van der Waals surface area contributed by atoms with E-state index in [1.165, 1.54) is 24.3 Å². The van der Waals surface area contributed by atoms with Crippen molar-refractivity contribution in [2.75, 3.05) is 0 Å². The van der Waals surface area contributed by atoms with Crippen LogP contribution in [0.15, 0.2) is 71.5 Å². The van der Waals surface area contributed by atoms with Gasteiger partial charge >= 0.3 is 6.18 Å². The third kappa shape index (κ3) is 4.16. The van der Waals surface area contributed by atoms with E-state index < -0.39 is 18.1 Å². The van der Waals surface area contributed by atoms with Crippen LogP contribution in [0.4, 0.5) is 17.6 Å². The van der Waals surface area contributed by atoms with Crippen molar-refractivity contribution < 1.29 is 22.7 Å². The molecule has 0 bridgehead atoms. The number of benzene rings is 3. The fourth-order valence-corrected chi connectivity index (χ4v) is 3.71. The highest BCUT2D eigenvalue weighted by molar-refractivity contribution is 5.83. The molecule has 0 aliphatic heterocycles. The molecule has 32 heavy (non-hydrogen) atoms. The summed E-state index contributed by atoms with van der Waals surface area (Å²) in [6.07, 6.45) is -6.72. The van der Waals surface area contributed by atoms with Crippen LogP contribution in [-0.4, -0.2) is 16.3 Å². The molecule has 7 heteroatoms. The van der Waals surface area contributed by atoms with E-state index in [9.17, 15) is 27.5 Å². The molecule has 0 fully saturated rings. The van der Waals surface area contributed by atoms with Crippen LogP contribution in [0.25, 0.3) is 22.2 Å². The standard InChI is InChI=1S/C25H19F4NO2/c1-14-22(30-20-4-2-3-19(26)21(20)23(14)31)17-9-5-15(6-10-17)13-16-7-11-18(12-8-16)24(32)25(27,28)29/h2-12,24,32H,13H2,1H3,(H,30,31). The summed E-state index contributed by atoms with van der Waals surface area (Å²) in [5.74, 6) is -0.567. The molecule has 1 atom stereocenters. The van der Waals surface area contributed by atoms with Crippen molar-refractivity contribution in [2.24, 2.45) is 0 Å². The van der Waals surface area contributed by atoms with Crippen LogP contribution >= 0.6 is 0 Å². The van der Waals surface area contributed by atoms with Gasteiger partial charge in [-0.2, -0.15) is 13.2 Å². The fourth-order valence-electron chi connectivity index (χ4n) is 3.71. The number of hydrogen-bond acceptors (Lipinski definition) is 2. The van der Waals surface area contributed by atoms with E-state index in [2.05, 4.69) is 4.98 Å². The van der Waals surface area contributed by atoms with Crippen molar-refractivity contribution in [3.8, 4) is 11.3 Å². The number of pyridine rings is 1. The van der Waals surface area contributed by atoms with Crippen molar-refractivity contribution >= 4 is 10.9 Å². The Hall–Kier alpha value is -3.45. The number of nitrogens with one attached hydrogen (secondary N) is 1. The van der Waals surface area contributed by atoms with Gasteiger partial charge in [-0.25, -0.2) is 4.39 Å². The van der Waals surface area contributed by atoms with Gasteiger partial charge in [-0.1, -0.05) is 54.6 Å². The molecule has 0 saturated heterocycles. The predicted molar refractivity (Wildman–Crippen MR) is 115 cm³/mol. The number of aromatic nitrogens is 1. The zero-order valence-corrected chi connectivity index (χ0v) is 17.0. The molecule has 1 heterocycles. The van der Waals surface area contributed by atoms with E-state index in [1.54, 1.807) is 25.1 Å². The van der Waals surface area contributed by atoms with E-state index in [1.807, 2.05) is 24.3 Å². The molecule has 4 rings (SSSR count). The maximum atomic E-state index is 14.1. The molecule has 0 saturated carbocycles. The molecule has 0 aliphatic carbocycles. The number of alkyl halides is 3. The summed E-state index contributed by atoms with van der Waals surface area (Å²) in [7, 11) is 0. The summed E-state index contributed by atoms with van der Waals surface area (Å²) >= 11 is 0. The molecule has 164 valence electrons. The average Bonchev–Trinajstić information content (AvgIpc) is 2.76. The molecule has 0 radical (unpaired) electrons. The van der Waals surface area contributed by atoms with Crippen molar-refractivity contribution in [2.45, 2.75) is 25.6 Å². The Labute approximate surface area is 181 Å². The second kappa shape index (κ2) is 8.24. The third-order valence-corrected chi connectivity index (χ3v) is 5.47. The second-order valence-electron chi connectivity index (χ2n) is 7.68. The monoisotopic (exact) mass is 441 g/mol. The molecule has 3 aromatic carbocycles. The van der Waals surface area contributed by atoms with Crippen LogP contribution in [0.3, 0.4) is 0 Å². The Morgan fingerprint density at radius 3 is 2.12 bits per heavy atom. The Bertz CT molecular complexity index is 1320. The zero-order chi connectivity index (χ0) is 23.0. The molecule has 1 unspecified atom stereocenters. The van der Waals surface area contributed by atoms with Crippen LogP contribution < -0.4 is 5.43 Å². The first kappa shape index (κ1) is 21.8. The van der Waals surface area contributed by atoms with Crippen molar-refractivity contribution in [3.63, 3.8) is 0 Å². The van der Waals surface area contributed by atoms with Crippen LogP contribution in [0.1, 0.15) is 28.4 Å². The zero-order valence-electron chi connectivity index (χ0n) is 17.0. The quantitative estimate of drug-likeness (QED) is 0.392. The highest BCUT2D eigenvalue weighted by Gasteiger charge is 2.39. The first-order valence-electron chi connectivity index (χ1n) is 9.89. The first-order valence-corrected chi connectivity index (χ1v) is 9.89. The Balaban J connectivity index is 1.58. The van der Waals surface area contributed by atoms with Crippen LogP contribution in [-0.2, 0) is 6.42 Å². The van der Waals surface area contributed by atoms with Crippen LogP contribution in [0.5, 0.6) is 0 Å². The summed E-state index contributed by atoms with van der Waals surface area (Å²) in [5, 5.41) is 9.36. The van der Waals surface area contributed by atoms with Gasteiger partial charge in [0.25, 0.3) is 0 Å². The summed E-state index contributed by atoms with van der Waals surface area (Å²) in [4.78, 5) is 15.8.